The third kappa shape index (κ3) is 4.37. The topological polar surface area (TPSA) is 58.9 Å². The van der Waals surface area contributed by atoms with E-state index in [1.54, 1.807) is 33.8 Å². The molecule has 0 radical (unpaired) electrons. The van der Waals surface area contributed by atoms with Crippen molar-refractivity contribution < 1.29 is 19.7 Å². The Balaban J connectivity index is 2.97. The second-order valence-electron chi connectivity index (χ2n) is 7.82. The third-order valence-electron chi connectivity index (χ3n) is 4.50. The molecule has 126 valence electrons. The van der Waals surface area contributed by atoms with Crippen molar-refractivity contribution in [3.63, 3.8) is 0 Å². The summed E-state index contributed by atoms with van der Waals surface area (Å²) >= 11 is 0. The van der Waals surface area contributed by atoms with Crippen molar-refractivity contribution in [1.82, 2.24) is 0 Å². The number of aliphatic hydroxyl groups is 2. The Hall–Kier alpha value is -1.26. The molecule has 2 N–H and O–H groups in total. The minimum atomic E-state index is -0.990. The van der Waals surface area contributed by atoms with Gasteiger partial charge in [0.15, 0.2) is 0 Å². The van der Waals surface area contributed by atoms with E-state index >= 15 is 0 Å². The van der Waals surface area contributed by atoms with Crippen LogP contribution in [0, 0.1) is 0 Å². The molecule has 1 rings (SSSR count). The smallest absolute Gasteiger partial charge is 0.131 e. The average molecular weight is 310 g/mol. The van der Waals surface area contributed by atoms with Crippen LogP contribution in [0.4, 0.5) is 0 Å². The Kier molecular flexibility index (Phi) is 4.91. The molecule has 0 bridgehead atoms. The zero-order valence-electron chi connectivity index (χ0n) is 15.0. The highest BCUT2D eigenvalue weighted by atomic mass is 16.5. The van der Waals surface area contributed by atoms with Gasteiger partial charge in [-0.15, -0.1) is 0 Å². The first-order valence-corrected chi connectivity index (χ1v) is 7.59. The molecule has 0 heterocycles. The van der Waals surface area contributed by atoms with E-state index in [0.717, 1.165) is 0 Å². The lowest BCUT2D eigenvalue weighted by Gasteiger charge is -2.38. The zero-order valence-corrected chi connectivity index (χ0v) is 15.0. The van der Waals surface area contributed by atoms with Crippen molar-refractivity contribution in [2.24, 2.45) is 0 Å². The maximum absolute atomic E-state index is 10.2. The van der Waals surface area contributed by atoms with Crippen molar-refractivity contribution >= 4 is 0 Å². The Morgan fingerprint density at radius 2 is 1.00 bits per heavy atom. The number of benzene rings is 1. The quantitative estimate of drug-likeness (QED) is 0.843. The van der Waals surface area contributed by atoms with E-state index in [-0.39, 0.29) is 0 Å². The summed E-state index contributed by atoms with van der Waals surface area (Å²) in [6.45, 7) is 14.2. The Morgan fingerprint density at radius 1 is 0.682 bits per heavy atom. The lowest BCUT2D eigenvalue weighted by atomic mass is 9.89. The predicted octanol–water partition coefficient (Wildman–Crippen LogP) is 3.54. The van der Waals surface area contributed by atoms with Crippen LogP contribution < -0.4 is 9.47 Å². The summed E-state index contributed by atoms with van der Waals surface area (Å²) in [5, 5.41) is 20.4. The summed E-state index contributed by atoms with van der Waals surface area (Å²) in [5.74, 6) is 1.22. The summed E-state index contributed by atoms with van der Waals surface area (Å²) in [7, 11) is 0. The van der Waals surface area contributed by atoms with Gasteiger partial charge in [-0.05, 0) is 67.5 Å². The average Bonchev–Trinajstić information content (AvgIpc) is 2.24. The summed E-state index contributed by atoms with van der Waals surface area (Å²) < 4.78 is 11.8. The second-order valence-corrected chi connectivity index (χ2v) is 7.82. The van der Waals surface area contributed by atoms with Crippen LogP contribution in [0.3, 0.4) is 0 Å². The SMILES string of the molecule is CC(C)(O)C(C)(C)Oc1cccc(OC(C)(C)C(C)(C)O)c1. The molecule has 4 heteroatoms. The molecular weight excluding hydrogens is 280 g/mol. The van der Waals surface area contributed by atoms with Crippen LogP contribution in [-0.4, -0.2) is 32.6 Å². The Labute approximate surface area is 134 Å². The van der Waals surface area contributed by atoms with E-state index in [1.807, 2.05) is 45.9 Å². The van der Waals surface area contributed by atoms with E-state index < -0.39 is 22.4 Å². The van der Waals surface area contributed by atoms with E-state index in [2.05, 4.69) is 0 Å². The molecule has 0 amide bonds. The fourth-order valence-corrected chi connectivity index (χ4v) is 1.44. The van der Waals surface area contributed by atoms with Crippen LogP contribution in [0.15, 0.2) is 24.3 Å². The highest BCUT2D eigenvalue weighted by Crippen LogP contribution is 2.32. The van der Waals surface area contributed by atoms with E-state index in [1.165, 1.54) is 0 Å². The lowest BCUT2D eigenvalue weighted by Crippen LogP contribution is -2.50. The number of ether oxygens (including phenoxy) is 2. The van der Waals surface area contributed by atoms with Crippen LogP contribution in [0.5, 0.6) is 11.5 Å². The van der Waals surface area contributed by atoms with Gasteiger partial charge >= 0.3 is 0 Å². The summed E-state index contributed by atoms with van der Waals surface area (Å²) in [6, 6.07) is 7.22. The fourth-order valence-electron chi connectivity index (χ4n) is 1.44. The number of rotatable bonds is 6. The van der Waals surface area contributed by atoms with Crippen LogP contribution >= 0.6 is 0 Å². The molecule has 0 atom stereocenters. The molecule has 0 aliphatic rings. The van der Waals surface area contributed by atoms with Gasteiger partial charge in [0.1, 0.15) is 22.7 Å². The standard InChI is InChI=1S/C18H30O4/c1-15(2,19)17(5,6)21-13-10-9-11-14(12-13)22-18(7,8)16(3,4)20/h9-12,19-20H,1-8H3. The fraction of sp³-hybridized carbons (Fsp3) is 0.667. The molecule has 0 aromatic heterocycles. The van der Waals surface area contributed by atoms with Crippen molar-refractivity contribution in [3.8, 4) is 11.5 Å². The van der Waals surface area contributed by atoms with Gasteiger partial charge in [0.05, 0.1) is 11.2 Å². The van der Waals surface area contributed by atoms with Crippen LogP contribution in [0.2, 0.25) is 0 Å². The Bertz CT molecular complexity index is 461. The third-order valence-corrected chi connectivity index (χ3v) is 4.50. The van der Waals surface area contributed by atoms with Crippen LogP contribution in [0.25, 0.3) is 0 Å². The summed E-state index contributed by atoms with van der Waals surface area (Å²) in [5.41, 5.74) is -3.48. The van der Waals surface area contributed by atoms with Crippen LogP contribution in [-0.2, 0) is 0 Å². The van der Waals surface area contributed by atoms with Gasteiger partial charge in [-0.1, -0.05) is 6.07 Å². The molecule has 0 fully saturated rings. The number of hydrogen-bond acceptors (Lipinski definition) is 4. The first kappa shape index (κ1) is 18.8. The molecule has 1 aromatic rings. The molecular formula is C18H30O4. The van der Waals surface area contributed by atoms with Crippen molar-refractivity contribution in [1.29, 1.82) is 0 Å². The second kappa shape index (κ2) is 5.74. The van der Waals surface area contributed by atoms with E-state index in [0.29, 0.717) is 11.5 Å². The molecule has 0 aliphatic heterocycles. The van der Waals surface area contributed by atoms with E-state index in [4.69, 9.17) is 9.47 Å². The first-order valence-electron chi connectivity index (χ1n) is 7.59. The molecule has 22 heavy (non-hydrogen) atoms. The lowest BCUT2D eigenvalue weighted by molar-refractivity contribution is -0.0939. The molecule has 0 aliphatic carbocycles. The molecule has 0 saturated carbocycles. The molecule has 4 nitrogen and oxygen atoms in total. The van der Waals surface area contributed by atoms with Gasteiger partial charge in [-0.25, -0.2) is 0 Å². The summed E-state index contributed by atoms with van der Waals surface area (Å²) in [6.07, 6.45) is 0. The largest absolute Gasteiger partial charge is 0.485 e. The van der Waals surface area contributed by atoms with Gasteiger partial charge in [-0.2, -0.15) is 0 Å². The summed E-state index contributed by atoms with van der Waals surface area (Å²) in [4.78, 5) is 0. The molecule has 1 aromatic carbocycles. The van der Waals surface area contributed by atoms with Gasteiger partial charge in [0.25, 0.3) is 0 Å². The Morgan fingerprint density at radius 3 is 1.27 bits per heavy atom. The monoisotopic (exact) mass is 310 g/mol. The van der Waals surface area contributed by atoms with E-state index in [9.17, 15) is 10.2 Å². The molecule has 0 unspecified atom stereocenters. The van der Waals surface area contributed by atoms with Crippen molar-refractivity contribution in [2.75, 3.05) is 0 Å². The van der Waals surface area contributed by atoms with Crippen molar-refractivity contribution in [2.45, 2.75) is 77.8 Å². The van der Waals surface area contributed by atoms with Gasteiger partial charge in [-0.3, -0.25) is 0 Å². The minimum absolute atomic E-state index is 0.608. The van der Waals surface area contributed by atoms with Crippen LogP contribution in [0.1, 0.15) is 55.4 Å². The molecule has 0 spiro atoms. The van der Waals surface area contributed by atoms with Gasteiger partial charge in [0.2, 0.25) is 0 Å². The number of hydrogen-bond donors (Lipinski definition) is 2. The maximum Gasteiger partial charge on any atom is 0.131 e. The van der Waals surface area contributed by atoms with Crippen molar-refractivity contribution in [3.05, 3.63) is 24.3 Å². The maximum atomic E-state index is 10.2. The van der Waals surface area contributed by atoms with Gasteiger partial charge in [0, 0.05) is 6.07 Å². The van der Waals surface area contributed by atoms with Gasteiger partial charge < -0.3 is 19.7 Å². The highest BCUT2D eigenvalue weighted by Gasteiger charge is 2.38. The molecule has 0 saturated heterocycles. The predicted molar refractivity (Wildman–Crippen MR) is 88.5 cm³/mol. The normalized spacial score (nSPS) is 13.9. The highest BCUT2D eigenvalue weighted by molar-refractivity contribution is 5.34. The first-order chi connectivity index (χ1) is 9.66. The zero-order chi connectivity index (χ0) is 17.4. The minimum Gasteiger partial charge on any atom is -0.485 e.